The lowest BCUT2D eigenvalue weighted by atomic mass is 9.55. The molecule has 0 radical (unpaired) electrons. The second-order valence-electron chi connectivity index (χ2n) is 8.87. The first-order chi connectivity index (χ1) is 13.5. The summed E-state index contributed by atoms with van der Waals surface area (Å²) in [4.78, 5) is 11.5. The Bertz CT molecular complexity index is 859. The molecule has 0 aromatic heterocycles. The van der Waals surface area contributed by atoms with E-state index in [0.717, 1.165) is 51.4 Å². The molecule has 2 aromatic rings. The molecule has 0 bridgehead atoms. The Balaban J connectivity index is 1.83. The summed E-state index contributed by atoms with van der Waals surface area (Å²) in [6.07, 6.45) is 7.44. The maximum Gasteiger partial charge on any atom is 0.335 e. The Hall–Kier alpha value is -2.13. The molecule has 4 rings (SSSR count). The van der Waals surface area contributed by atoms with Crippen LogP contribution in [-0.4, -0.2) is 21.8 Å². The summed E-state index contributed by atoms with van der Waals surface area (Å²) < 4.78 is 0. The molecule has 2 aliphatic rings. The molecule has 3 atom stereocenters. The number of carboxylic acid groups (broad SMARTS) is 1. The minimum atomic E-state index is -0.857. The second kappa shape index (κ2) is 7.36. The molecule has 2 aliphatic carbocycles. The van der Waals surface area contributed by atoms with Crippen LogP contribution in [0.25, 0.3) is 0 Å². The van der Waals surface area contributed by atoms with Crippen LogP contribution in [0.5, 0.6) is 0 Å². The highest BCUT2D eigenvalue weighted by atomic mass is 16.4. The summed E-state index contributed by atoms with van der Waals surface area (Å²) in [6, 6.07) is 16.4. The molecule has 1 fully saturated rings. The van der Waals surface area contributed by atoms with Crippen molar-refractivity contribution in [3.63, 3.8) is 0 Å². The molecule has 148 valence electrons. The Morgan fingerprint density at radius 2 is 1.93 bits per heavy atom. The number of carboxylic acids is 1. The summed E-state index contributed by atoms with van der Waals surface area (Å²) in [5.74, 6) is -0.437. The average molecular weight is 379 g/mol. The maximum absolute atomic E-state index is 11.5. The van der Waals surface area contributed by atoms with E-state index < -0.39 is 11.6 Å². The zero-order valence-electron chi connectivity index (χ0n) is 16.7. The van der Waals surface area contributed by atoms with Gasteiger partial charge in [-0.25, -0.2) is 4.79 Å². The first-order valence-electron chi connectivity index (χ1n) is 10.6. The average Bonchev–Trinajstić information content (AvgIpc) is 2.85. The van der Waals surface area contributed by atoms with Crippen LogP contribution in [0.15, 0.2) is 48.5 Å². The Kier molecular flexibility index (Phi) is 5.05. The van der Waals surface area contributed by atoms with E-state index in [4.69, 9.17) is 0 Å². The number of benzene rings is 2. The van der Waals surface area contributed by atoms with Gasteiger partial charge in [-0.1, -0.05) is 43.3 Å². The van der Waals surface area contributed by atoms with Gasteiger partial charge >= 0.3 is 5.97 Å². The van der Waals surface area contributed by atoms with Gasteiger partial charge in [0.15, 0.2) is 0 Å². The standard InChI is InChI=1S/C25H30O3/c1-2-24(28)13-14-25(16-18-7-4-3-5-8-18)21(17-24)10-6-9-19-15-20(23(26)27)11-12-22(19)25/h3-5,7-8,11-12,15,21,28H,2,6,9-10,13-14,16-17H2,1H3,(H,26,27). The van der Waals surface area contributed by atoms with E-state index in [1.165, 1.54) is 16.7 Å². The van der Waals surface area contributed by atoms with Crippen LogP contribution >= 0.6 is 0 Å². The largest absolute Gasteiger partial charge is 0.478 e. The fourth-order valence-electron chi connectivity index (χ4n) is 5.72. The van der Waals surface area contributed by atoms with Crippen molar-refractivity contribution in [2.75, 3.05) is 0 Å². The van der Waals surface area contributed by atoms with Crippen LogP contribution in [0.4, 0.5) is 0 Å². The summed E-state index contributed by atoms with van der Waals surface area (Å²) >= 11 is 0. The third-order valence-electron chi connectivity index (χ3n) is 7.35. The van der Waals surface area contributed by atoms with Gasteiger partial charge in [-0.05, 0) is 86.1 Å². The minimum absolute atomic E-state index is 0.0222. The molecule has 2 aromatic carbocycles. The predicted molar refractivity (Wildman–Crippen MR) is 111 cm³/mol. The van der Waals surface area contributed by atoms with Gasteiger partial charge < -0.3 is 10.2 Å². The highest BCUT2D eigenvalue weighted by Crippen LogP contribution is 2.54. The van der Waals surface area contributed by atoms with Crippen molar-refractivity contribution >= 4 is 5.97 Å². The number of aryl methyl sites for hydroxylation is 1. The number of hydrogen-bond acceptors (Lipinski definition) is 2. The van der Waals surface area contributed by atoms with E-state index in [9.17, 15) is 15.0 Å². The topological polar surface area (TPSA) is 57.5 Å². The molecule has 3 heteroatoms. The number of hydrogen-bond donors (Lipinski definition) is 2. The molecular formula is C25H30O3. The molecule has 0 aliphatic heterocycles. The molecule has 3 nitrogen and oxygen atoms in total. The normalized spacial score (nSPS) is 29.4. The molecule has 0 heterocycles. The number of aromatic carboxylic acids is 1. The smallest absolute Gasteiger partial charge is 0.335 e. The van der Waals surface area contributed by atoms with Crippen molar-refractivity contribution in [1.29, 1.82) is 0 Å². The first kappa shape index (κ1) is 19.2. The molecule has 1 saturated carbocycles. The molecular weight excluding hydrogens is 348 g/mol. The second-order valence-corrected chi connectivity index (χ2v) is 8.87. The van der Waals surface area contributed by atoms with Gasteiger partial charge in [0.1, 0.15) is 0 Å². The van der Waals surface area contributed by atoms with Crippen molar-refractivity contribution in [3.8, 4) is 0 Å². The van der Waals surface area contributed by atoms with Crippen molar-refractivity contribution in [3.05, 3.63) is 70.8 Å². The van der Waals surface area contributed by atoms with Crippen LogP contribution in [-0.2, 0) is 18.3 Å². The number of fused-ring (bicyclic) bond motifs is 3. The van der Waals surface area contributed by atoms with Crippen LogP contribution in [0.3, 0.4) is 0 Å². The summed E-state index contributed by atoms with van der Waals surface area (Å²) in [6.45, 7) is 2.09. The number of carbonyl (C=O) groups is 1. The summed E-state index contributed by atoms with van der Waals surface area (Å²) in [5.41, 5.74) is 3.64. The van der Waals surface area contributed by atoms with Gasteiger partial charge in [0, 0.05) is 5.41 Å². The van der Waals surface area contributed by atoms with Crippen molar-refractivity contribution < 1.29 is 15.0 Å². The summed E-state index contributed by atoms with van der Waals surface area (Å²) in [5, 5.41) is 20.5. The molecule has 0 spiro atoms. The van der Waals surface area contributed by atoms with Gasteiger partial charge in [0.2, 0.25) is 0 Å². The fourth-order valence-corrected chi connectivity index (χ4v) is 5.72. The third-order valence-corrected chi connectivity index (χ3v) is 7.35. The molecule has 0 amide bonds. The van der Waals surface area contributed by atoms with Crippen LogP contribution in [0.1, 0.15) is 72.5 Å². The lowest BCUT2D eigenvalue weighted by molar-refractivity contribution is -0.0497. The maximum atomic E-state index is 11.5. The van der Waals surface area contributed by atoms with Crippen LogP contribution < -0.4 is 0 Å². The third kappa shape index (κ3) is 3.37. The van der Waals surface area contributed by atoms with E-state index in [1.807, 2.05) is 6.07 Å². The van der Waals surface area contributed by atoms with Gasteiger partial charge in [-0.2, -0.15) is 0 Å². The predicted octanol–water partition coefficient (Wildman–Crippen LogP) is 5.14. The highest BCUT2D eigenvalue weighted by molar-refractivity contribution is 5.88. The van der Waals surface area contributed by atoms with Crippen molar-refractivity contribution in [2.24, 2.45) is 5.92 Å². The van der Waals surface area contributed by atoms with E-state index >= 15 is 0 Å². The van der Waals surface area contributed by atoms with E-state index in [0.29, 0.717) is 11.5 Å². The van der Waals surface area contributed by atoms with E-state index in [2.05, 4.69) is 43.3 Å². The lowest BCUT2D eigenvalue weighted by Gasteiger charge is -2.50. The molecule has 0 saturated heterocycles. The Labute approximate surface area is 167 Å². The Morgan fingerprint density at radius 3 is 2.64 bits per heavy atom. The SMILES string of the molecule is CCC1(O)CCC2(Cc3ccccc3)c3ccc(C(=O)O)cc3CCCC2C1. The highest BCUT2D eigenvalue weighted by Gasteiger charge is 2.50. The van der Waals surface area contributed by atoms with Crippen molar-refractivity contribution in [2.45, 2.75) is 69.3 Å². The zero-order chi connectivity index (χ0) is 19.8. The van der Waals surface area contributed by atoms with E-state index in [-0.39, 0.29) is 5.41 Å². The fraction of sp³-hybridized carbons (Fsp3) is 0.480. The van der Waals surface area contributed by atoms with Crippen LogP contribution in [0, 0.1) is 5.92 Å². The first-order valence-corrected chi connectivity index (χ1v) is 10.6. The number of rotatable bonds is 4. The minimum Gasteiger partial charge on any atom is -0.478 e. The van der Waals surface area contributed by atoms with Gasteiger partial charge in [-0.15, -0.1) is 0 Å². The number of aliphatic hydroxyl groups is 1. The monoisotopic (exact) mass is 378 g/mol. The lowest BCUT2D eigenvalue weighted by Crippen LogP contribution is -2.48. The zero-order valence-corrected chi connectivity index (χ0v) is 16.7. The van der Waals surface area contributed by atoms with Gasteiger partial charge in [-0.3, -0.25) is 0 Å². The molecule has 3 unspecified atom stereocenters. The van der Waals surface area contributed by atoms with Gasteiger partial charge in [0.25, 0.3) is 0 Å². The quantitative estimate of drug-likeness (QED) is 0.774. The molecule has 2 N–H and O–H groups in total. The van der Waals surface area contributed by atoms with Crippen LogP contribution in [0.2, 0.25) is 0 Å². The Morgan fingerprint density at radius 1 is 1.14 bits per heavy atom. The van der Waals surface area contributed by atoms with E-state index in [1.54, 1.807) is 6.07 Å². The van der Waals surface area contributed by atoms with Gasteiger partial charge in [0.05, 0.1) is 11.2 Å². The molecule has 28 heavy (non-hydrogen) atoms. The summed E-state index contributed by atoms with van der Waals surface area (Å²) in [7, 11) is 0. The van der Waals surface area contributed by atoms with Crippen molar-refractivity contribution in [1.82, 2.24) is 0 Å².